The largest absolute Gasteiger partial charge is 0.350 e. The number of amides is 3. The molecule has 0 saturated heterocycles. The normalized spacial score (nSPS) is 13.5. The summed E-state index contributed by atoms with van der Waals surface area (Å²) in [7, 11) is 0. The van der Waals surface area contributed by atoms with Crippen molar-refractivity contribution in [2.75, 3.05) is 15.5 Å². The van der Waals surface area contributed by atoms with Crippen LogP contribution in [0.15, 0.2) is 78.5 Å². The van der Waals surface area contributed by atoms with Crippen LogP contribution in [0.4, 0.5) is 17.1 Å². The van der Waals surface area contributed by atoms with Gasteiger partial charge in [0.25, 0.3) is 11.8 Å². The van der Waals surface area contributed by atoms with Crippen LogP contribution in [0.5, 0.6) is 0 Å². The van der Waals surface area contributed by atoms with Crippen molar-refractivity contribution in [3.05, 3.63) is 95.2 Å². The van der Waals surface area contributed by atoms with Crippen LogP contribution in [0.1, 0.15) is 23.6 Å². The maximum absolute atomic E-state index is 13.5. The van der Waals surface area contributed by atoms with Gasteiger partial charge in [-0.05, 0) is 60.9 Å². The van der Waals surface area contributed by atoms with E-state index in [1.54, 1.807) is 30.3 Å². The summed E-state index contributed by atoms with van der Waals surface area (Å²) < 4.78 is 0. The first kappa shape index (κ1) is 21.1. The van der Waals surface area contributed by atoms with Gasteiger partial charge in [-0.25, -0.2) is 4.90 Å². The highest BCUT2D eigenvalue weighted by atomic mass is 16.2. The molecular formula is C26H23N3O3. The fourth-order valence-corrected chi connectivity index (χ4v) is 3.70. The van der Waals surface area contributed by atoms with E-state index in [0.29, 0.717) is 28.2 Å². The second kappa shape index (κ2) is 8.51. The average Bonchev–Trinajstić information content (AvgIpc) is 3.01. The van der Waals surface area contributed by atoms with Crippen LogP contribution in [-0.4, -0.2) is 17.7 Å². The Hall–Kier alpha value is -4.19. The summed E-state index contributed by atoms with van der Waals surface area (Å²) in [6.45, 7) is 5.29. The summed E-state index contributed by atoms with van der Waals surface area (Å²) in [6, 6.07) is 21.7. The summed E-state index contributed by atoms with van der Waals surface area (Å²) in [5, 5.41) is 5.85. The van der Waals surface area contributed by atoms with Crippen molar-refractivity contribution in [1.29, 1.82) is 0 Å². The Morgan fingerprint density at radius 1 is 0.781 bits per heavy atom. The molecule has 0 spiro atoms. The van der Waals surface area contributed by atoms with Crippen LogP contribution in [0.25, 0.3) is 5.57 Å². The number of anilines is 3. The van der Waals surface area contributed by atoms with Crippen molar-refractivity contribution in [2.45, 2.75) is 20.8 Å². The van der Waals surface area contributed by atoms with Crippen LogP contribution in [-0.2, 0) is 14.4 Å². The third-order valence-electron chi connectivity index (χ3n) is 5.44. The molecule has 1 aliphatic heterocycles. The minimum absolute atomic E-state index is 0.166. The van der Waals surface area contributed by atoms with Crippen LogP contribution in [0, 0.1) is 13.8 Å². The highest BCUT2D eigenvalue weighted by Gasteiger charge is 2.40. The van der Waals surface area contributed by atoms with E-state index in [-0.39, 0.29) is 17.5 Å². The Morgan fingerprint density at radius 2 is 1.44 bits per heavy atom. The summed E-state index contributed by atoms with van der Waals surface area (Å²) >= 11 is 0. The zero-order chi connectivity index (χ0) is 22.8. The number of aryl methyl sites for hydroxylation is 1. The Morgan fingerprint density at radius 3 is 2.09 bits per heavy atom. The molecule has 160 valence electrons. The molecule has 0 fully saturated rings. The molecule has 3 amide bonds. The van der Waals surface area contributed by atoms with Crippen molar-refractivity contribution < 1.29 is 14.4 Å². The molecule has 6 heteroatoms. The molecule has 3 aromatic rings. The van der Waals surface area contributed by atoms with Crippen molar-refractivity contribution in [3.63, 3.8) is 0 Å². The predicted octanol–water partition coefficient (Wildman–Crippen LogP) is 4.66. The maximum atomic E-state index is 13.5. The van der Waals surface area contributed by atoms with Crippen molar-refractivity contribution in [3.8, 4) is 0 Å². The van der Waals surface area contributed by atoms with Crippen LogP contribution < -0.4 is 15.5 Å². The van der Waals surface area contributed by atoms with Gasteiger partial charge in [0.1, 0.15) is 5.70 Å². The van der Waals surface area contributed by atoms with Gasteiger partial charge in [-0.1, -0.05) is 42.5 Å². The lowest BCUT2D eigenvalue weighted by atomic mass is 10.0. The molecular weight excluding hydrogens is 402 g/mol. The van der Waals surface area contributed by atoms with E-state index in [1.807, 2.05) is 56.3 Å². The van der Waals surface area contributed by atoms with Gasteiger partial charge in [0.05, 0.1) is 11.3 Å². The molecule has 0 aliphatic carbocycles. The van der Waals surface area contributed by atoms with Crippen LogP contribution in [0.3, 0.4) is 0 Å². The quantitative estimate of drug-likeness (QED) is 0.583. The minimum atomic E-state index is -0.409. The van der Waals surface area contributed by atoms with E-state index in [0.717, 1.165) is 11.1 Å². The topological polar surface area (TPSA) is 78.5 Å². The van der Waals surface area contributed by atoms with Gasteiger partial charge < -0.3 is 10.6 Å². The highest BCUT2D eigenvalue weighted by Crippen LogP contribution is 2.35. The van der Waals surface area contributed by atoms with Gasteiger partial charge in [0.15, 0.2) is 0 Å². The first-order chi connectivity index (χ1) is 15.4. The van der Waals surface area contributed by atoms with E-state index in [2.05, 4.69) is 10.6 Å². The number of hydrogen-bond donors (Lipinski definition) is 2. The lowest BCUT2D eigenvalue weighted by Gasteiger charge is -2.19. The van der Waals surface area contributed by atoms with E-state index < -0.39 is 5.91 Å². The van der Waals surface area contributed by atoms with Crippen molar-refractivity contribution in [1.82, 2.24) is 0 Å². The number of imide groups is 1. The number of carbonyl (C=O) groups is 3. The average molecular weight is 425 g/mol. The molecule has 3 aromatic carbocycles. The van der Waals surface area contributed by atoms with Gasteiger partial charge in [0, 0.05) is 18.3 Å². The molecule has 4 rings (SSSR count). The standard InChI is InChI=1S/C26H23N3O3/c1-16-8-7-11-22(17(16)2)29-25(31)23(19-9-5-4-6-10-19)24(26(29)32)28-21-14-12-20(13-15-21)27-18(3)30/h4-15,28H,1-3H3,(H,27,30). The highest BCUT2D eigenvalue weighted by molar-refractivity contribution is 6.46. The van der Waals surface area contributed by atoms with E-state index >= 15 is 0 Å². The van der Waals surface area contributed by atoms with Crippen LogP contribution in [0.2, 0.25) is 0 Å². The second-order valence-corrected chi connectivity index (χ2v) is 7.66. The van der Waals surface area contributed by atoms with E-state index in [4.69, 9.17) is 0 Å². The molecule has 0 saturated carbocycles. The van der Waals surface area contributed by atoms with Crippen molar-refractivity contribution >= 4 is 40.4 Å². The number of nitrogens with one attached hydrogen (secondary N) is 2. The van der Waals surface area contributed by atoms with Gasteiger partial charge >= 0.3 is 0 Å². The fraction of sp³-hybridized carbons (Fsp3) is 0.115. The third kappa shape index (κ3) is 3.90. The van der Waals surface area contributed by atoms with Gasteiger partial charge in [-0.3, -0.25) is 14.4 Å². The molecule has 0 atom stereocenters. The smallest absolute Gasteiger partial charge is 0.282 e. The van der Waals surface area contributed by atoms with Gasteiger partial charge in [-0.15, -0.1) is 0 Å². The number of benzene rings is 3. The van der Waals surface area contributed by atoms with Crippen molar-refractivity contribution in [2.24, 2.45) is 0 Å². The van der Waals surface area contributed by atoms with Crippen LogP contribution >= 0.6 is 0 Å². The van der Waals surface area contributed by atoms with Gasteiger partial charge in [0.2, 0.25) is 5.91 Å². The number of hydrogen-bond acceptors (Lipinski definition) is 4. The number of nitrogens with zero attached hydrogens (tertiary/aromatic N) is 1. The lowest BCUT2D eigenvalue weighted by molar-refractivity contribution is -0.120. The fourth-order valence-electron chi connectivity index (χ4n) is 3.70. The Labute approximate surface area is 186 Å². The number of carbonyl (C=O) groups excluding carboxylic acids is 3. The number of rotatable bonds is 5. The lowest BCUT2D eigenvalue weighted by Crippen LogP contribution is -2.33. The monoisotopic (exact) mass is 425 g/mol. The van der Waals surface area contributed by atoms with E-state index in [1.165, 1.54) is 11.8 Å². The first-order valence-electron chi connectivity index (χ1n) is 10.3. The first-order valence-corrected chi connectivity index (χ1v) is 10.3. The molecule has 0 radical (unpaired) electrons. The summed E-state index contributed by atoms with van der Waals surface area (Å²) in [5.74, 6) is -0.943. The summed E-state index contributed by atoms with van der Waals surface area (Å²) in [4.78, 5) is 39.5. The molecule has 32 heavy (non-hydrogen) atoms. The zero-order valence-corrected chi connectivity index (χ0v) is 18.1. The minimum Gasteiger partial charge on any atom is -0.350 e. The SMILES string of the molecule is CC(=O)Nc1ccc(NC2=C(c3ccccc3)C(=O)N(c3cccc(C)c3C)C2=O)cc1. The molecule has 0 bridgehead atoms. The molecule has 0 unspecified atom stereocenters. The zero-order valence-electron chi connectivity index (χ0n) is 18.1. The molecule has 2 N–H and O–H groups in total. The third-order valence-corrected chi connectivity index (χ3v) is 5.44. The Kier molecular flexibility index (Phi) is 5.60. The molecule has 1 heterocycles. The Balaban J connectivity index is 1.76. The second-order valence-electron chi connectivity index (χ2n) is 7.66. The van der Waals surface area contributed by atoms with E-state index in [9.17, 15) is 14.4 Å². The molecule has 0 aromatic heterocycles. The maximum Gasteiger partial charge on any atom is 0.282 e. The summed E-state index contributed by atoms with van der Waals surface area (Å²) in [5.41, 5.74) is 4.93. The molecule has 6 nitrogen and oxygen atoms in total. The summed E-state index contributed by atoms with van der Waals surface area (Å²) in [6.07, 6.45) is 0. The predicted molar refractivity (Wildman–Crippen MR) is 126 cm³/mol. The molecule has 1 aliphatic rings. The Bertz CT molecular complexity index is 1250. The van der Waals surface area contributed by atoms with Gasteiger partial charge in [-0.2, -0.15) is 0 Å².